The molecule has 0 unspecified atom stereocenters. The van der Waals surface area contributed by atoms with Crippen molar-refractivity contribution >= 4 is 0 Å². The Morgan fingerprint density at radius 1 is 1.06 bits per heavy atom. The zero-order valence-corrected chi connectivity index (χ0v) is 9.40. The summed E-state index contributed by atoms with van der Waals surface area (Å²) in [5.74, 6) is 0.496. The molecule has 2 N–H and O–H groups in total. The second-order valence-corrected chi connectivity index (χ2v) is 3.72. The average molecular weight is 231 g/mol. The third kappa shape index (κ3) is 3.04. The number of halogens is 1. The van der Waals surface area contributed by atoms with Crippen molar-refractivity contribution in [3.05, 3.63) is 59.9 Å². The minimum atomic E-state index is -0.364. The molecule has 17 heavy (non-hydrogen) atoms. The first kappa shape index (κ1) is 11.6. The molecule has 0 aliphatic rings. The van der Waals surface area contributed by atoms with Crippen molar-refractivity contribution in [1.29, 1.82) is 0 Å². The lowest BCUT2D eigenvalue weighted by molar-refractivity contribution is 0.442. The Bertz CT molecular complexity index is 499. The monoisotopic (exact) mass is 231 g/mol. The van der Waals surface area contributed by atoms with Gasteiger partial charge in [-0.15, -0.1) is 0 Å². The van der Waals surface area contributed by atoms with Crippen molar-refractivity contribution in [2.75, 3.05) is 6.54 Å². The van der Waals surface area contributed by atoms with Gasteiger partial charge < -0.3 is 10.5 Å². The molecule has 0 spiro atoms. The van der Waals surface area contributed by atoms with Crippen LogP contribution in [-0.2, 0) is 6.42 Å². The van der Waals surface area contributed by atoms with Crippen LogP contribution in [0, 0.1) is 5.82 Å². The van der Waals surface area contributed by atoms with Gasteiger partial charge in [0.05, 0.1) is 0 Å². The smallest absolute Gasteiger partial charge is 0.165 e. The van der Waals surface area contributed by atoms with Crippen LogP contribution in [0.25, 0.3) is 0 Å². The number of hydrogen-bond donors (Lipinski definition) is 1. The lowest BCUT2D eigenvalue weighted by atomic mass is 10.1. The molecule has 0 radical (unpaired) electrons. The van der Waals surface area contributed by atoms with Crippen LogP contribution in [-0.4, -0.2) is 6.54 Å². The zero-order valence-electron chi connectivity index (χ0n) is 9.40. The van der Waals surface area contributed by atoms with Crippen LogP contribution in [0.1, 0.15) is 5.56 Å². The molecular formula is C14H14FNO. The van der Waals surface area contributed by atoms with Gasteiger partial charge in [0, 0.05) is 0 Å². The highest BCUT2D eigenvalue weighted by Crippen LogP contribution is 2.24. The van der Waals surface area contributed by atoms with Crippen LogP contribution >= 0.6 is 0 Å². The Kier molecular flexibility index (Phi) is 3.73. The van der Waals surface area contributed by atoms with Gasteiger partial charge in [0.15, 0.2) is 11.6 Å². The van der Waals surface area contributed by atoms with Gasteiger partial charge in [-0.2, -0.15) is 0 Å². The van der Waals surface area contributed by atoms with E-state index in [1.165, 1.54) is 6.07 Å². The van der Waals surface area contributed by atoms with E-state index >= 15 is 0 Å². The standard InChI is InChI=1S/C14H14FNO/c15-13-6-1-2-7-14(13)17-12-5-3-4-11(10-12)8-9-16/h1-7,10H,8-9,16H2. The topological polar surface area (TPSA) is 35.2 Å². The van der Waals surface area contributed by atoms with Crippen LogP contribution < -0.4 is 10.5 Å². The minimum Gasteiger partial charge on any atom is -0.454 e. The van der Waals surface area contributed by atoms with Crippen LogP contribution in [0.3, 0.4) is 0 Å². The quantitative estimate of drug-likeness (QED) is 0.877. The van der Waals surface area contributed by atoms with Crippen molar-refractivity contribution in [1.82, 2.24) is 0 Å². The molecule has 0 aliphatic heterocycles. The molecule has 0 atom stereocenters. The highest BCUT2D eigenvalue weighted by Gasteiger charge is 2.03. The Morgan fingerprint density at radius 2 is 1.88 bits per heavy atom. The van der Waals surface area contributed by atoms with E-state index in [-0.39, 0.29) is 11.6 Å². The summed E-state index contributed by atoms with van der Waals surface area (Å²) in [4.78, 5) is 0. The van der Waals surface area contributed by atoms with Crippen molar-refractivity contribution in [3.63, 3.8) is 0 Å². The summed E-state index contributed by atoms with van der Waals surface area (Å²) in [6.45, 7) is 0.586. The molecular weight excluding hydrogens is 217 g/mol. The Balaban J connectivity index is 2.18. The zero-order chi connectivity index (χ0) is 12.1. The van der Waals surface area contributed by atoms with Crippen molar-refractivity contribution in [3.8, 4) is 11.5 Å². The molecule has 0 saturated heterocycles. The van der Waals surface area contributed by atoms with Crippen molar-refractivity contribution in [2.24, 2.45) is 5.73 Å². The fourth-order valence-corrected chi connectivity index (χ4v) is 1.59. The van der Waals surface area contributed by atoms with Crippen molar-refractivity contribution < 1.29 is 9.13 Å². The van der Waals surface area contributed by atoms with Gasteiger partial charge in [-0.25, -0.2) is 4.39 Å². The summed E-state index contributed by atoms with van der Waals surface area (Å²) in [5.41, 5.74) is 6.57. The van der Waals surface area contributed by atoms with E-state index in [0.717, 1.165) is 12.0 Å². The fourth-order valence-electron chi connectivity index (χ4n) is 1.59. The number of para-hydroxylation sites is 1. The Labute approximate surface area is 99.8 Å². The summed E-state index contributed by atoms with van der Waals surface area (Å²) in [6, 6.07) is 13.9. The van der Waals surface area contributed by atoms with Crippen molar-refractivity contribution in [2.45, 2.75) is 6.42 Å². The molecule has 0 bridgehead atoms. The predicted octanol–water partition coefficient (Wildman–Crippen LogP) is 3.12. The lowest BCUT2D eigenvalue weighted by Gasteiger charge is -2.07. The molecule has 0 fully saturated rings. The third-order valence-corrected chi connectivity index (χ3v) is 2.40. The lowest BCUT2D eigenvalue weighted by Crippen LogP contribution is -2.02. The second kappa shape index (κ2) is 5.46. The molecule has 2 aromatic rings. The SMILES string of the molecule is NCCc1cccc(Oc2ccccc2F)c1. The summed E-state index contributed by atoms with van der Waals surface area (Å²) in [7, 11) is 0. The van der Waals surface area contributed by atoms with E-state index < -0.39 is 0 Å². The van der Waals surface area contributed by atoms with Gasteiger partial charge >= 0.3 is 0 Å². The summed E-state index contributed by atoms with van der Waals surface area (Å²) in [5, 5.41) is 0. The van der Waals surface area contributed by atoms with Gasteiger partial charge in [0.25, 0.3) is 0 Å². The van der Waals surface area contributed by atoms with E-state index in [2.05, 4.69) is 0 Å². The normalized spacial score (nSPS) is 10.2. The van der Waals surface area contributed by atoms with E-state index in [9.17, 15) is 4.39 Å². The van der Waals surface area contributed by atoms with E-state index in [1.54, 1.807) is 24.3 Å². The van der Waals surface area contributed by atoms with Gasteiger partial charge in [-0.05, 0) is 42.8 Å². The fraction of sp³-hybridized carbons (Fsp3) is 0.143. The van der Waals surface area contributed by atoms with Gasteiger partial charge in [-0.1, -0.05) is 24.3 Å². The number of ether oxygens (including phenoxy) is 1. The maximum atomic E-state index is 13.4. The van der Waals surface area contributed by atoms with E-state index in [4.69, 9.17) is 10.5 Å². The molecule has 2 aromatic carbocycles. The van der Waals surface area contributed by atoms with E-state index in [0.29, 0.717) is 12.3 Å². The maximum absolute atomic E-state index is 13.4. The van der Waals surface area contributed by atoms with Crippen LogP contribution in [0.4, 0.5) is 4.39 Å². The van der Waals surface area contributed by atoms with Crippen LogP contribution in [0.2, 0.25) is 0 Å². The highest BCUT2D eigenvalue weighted by atomic mass is 19.1. The predicted molar refractivity (Wildman–Crippen MR) is 65.7 cm³/mol. The molecule has 0 saturated carbocycles. The van der Waals surface area contributed by atoms with Crippen LogP contribution in [0.15, 0.2) is 48.5 Å². The second-order valence-electron chi connectivity index (χ2n) is 3.72. The summed E-state index contributed by atoms with van der Waals surface area (Å²) in [6.07, 6.45) is 0.786. The number of benzene rings is 2. The Hall–Kier alpha value is -1.87. The average Bonchev–Trinajstić information content (AvgIpc) is 2.33. The number of rotatable bonds is 4. The molecule has 2 nitrogen and oxygen atoms in total. The molecule has 0 heterocycles. The van der Waals surface area contributed by atoms with E-state index in [1.807, 2.05) is 18.2 Å². The first-order chi connectivity index (χ1) is 8.29. The first-order valence-corrected chi connectivity index (χ1v) is 5.51. The molecule has 3 heteroatoms. The Morgan fingerprint density at radius 3 is 2.65 bits per heavy atom. The number of hydrogen-bond acceptors (Lipinski definition) is 2. The summed E-state index contributed by atoms with van der Waals surface area (Å²) >= 11 is 0. The first-order valence-electron chi connectivity index (χ1n) is 5.51. The van der Waals surface area contributed by atoms with Gasteiger partial charge in [-0.3, -0.25) is 0 Å². The molecule has 2 rings (SSSR count). The molecule has 0 aromatic heterocycles. The maximum Gasteiger partial charge on any atom is 0.165 e. The third-order valence-electron chi connectivity index (χ3n) is 2.40. The minimum absolute atomic E-state index is 0.234. The van der Waals surface area contributed by atoms with Gasteiger partial charge in [0.1, 0.15) is 5.75 Å². The number of nitrogens with two attached hydrogens (primary N) is 1. The molecule has 0 amide bonds. The highest BCUT2D eigenvalue weighted by molar-refractivity contribution is 5.34. The molecule has 0 aliphatic carbocycles. The van der Waals surface area contributed by atoms with Crippen LogP contribution in [0.5, 0.6) is 11.5 Å². The largest absolute Gasteiger partial charge is 0.454 e. The summed E-state index contributed by atoms with van der Waals surface area (Å²) < 4.78 is 18.9. The molecule has 88 valence electrons. The van der Waals surface area contributed by atoms with Gasteiger partial charge in [0.2, 0.25) is 0 Å².